The molecule has 24 heavy (non-hydrogen) atoms. The van der Waals surface area contributed by atoms with Crippen LogP contribution in [-0.4, -0.2) is 61.6 Å². The maximum Gasteiger partial charge on any atom is 0.338 e. The summed E-state index contributed by atoms with van der Waals surface area (Å²) in [6.45, 7) is 4.16. The fourth-order valence-electron chi connectivity index (χ4n) is 2.82. The van der Waals surface area contributed by atoms with Gasteiger partial charge in [-0.25, -0.2) is 9.59 Å². The number of likely N-dealkylation sites (N-methyl/N-ethyl adjacent to an activating group) is 1. The molecule has 1 heterocycles. The molecule has 6 nitrogen and oxygen atoms in total. The molecule has 0 unspecified atom stereocenters. The Hall–Kier alpha value is -2.08. The number of hydrogen-bond acceptors (Lipinski definition) is 4. The monoisotopic (exact) mass is 333 g/mol. The minimum Gasteiger partial charge on any atom is -0.462 e. The van der Waals surface area contributed by atoms with E-state index in [1.807, 2.05) is 17.0 Å². The highest BCUT2D eigenvalue weighted by atomic mass is 16.5. The normalized spacial score (nSPS) is 17.7. The second-order valence-corrected chi connectivity index (χ2v) is 6.28. The Balaban J connectivity index is 1.84. The van der Waals surface area contributed by atoms with Crippen molar-refractivity contribution < 1.29 is 14.3 Å². The first kappa shape index (κ1) is 18.3. The van der Waals surface area contributed by atoms with E-state index in [-0.39, 0.29) is 12.0 Å². The molecule has 2 rings (SSSR count). The molecule has 132 valence electrons. The summed E-state index contributed by atoms with van der Waals surface area (Å²) in [5.74, 6) is -0.323. The number of piperidine rings is 1. The lowest BCUT2D eigenvalue weighted by Crippen LogP contribution is -2.50. The maximum absolute atomic E-state index is 12.3. The molecule has 2 amide bonds. The van der Waals surface area contributed by atoms with Gasteiger partial charge in [0.05, 0.1) is 12.2 Å². The Bertz CT molecular complexity index is 557. The van der Waals surface area contributed by atoms with E-state index in [1.54, 1.807) is 19.1 Å². The molecular weight excluding hydrogens is 306 g/mol. The number of ether oxygens (including phenoxy) is 1. The molecule has 1 aromatic rings. The predicted octanol–water partition coefficient (Wildman–Crippen LogP) is 2.10. The zero-order valence-electron chi connectivity index (χ0n) is 14.7. The number of likely N-dealkylation sites (tertiary alicyclic amines) is 1. The van der Waals surface area contributed by atoms with E-state index in [0.717, 1.165) is 31.5 Å². The van der Waals surface area contributed by atoms with Crippen LogP contribution in [0.3, 0.4) is 0 Å². The minimum absolute atomic E-state index is 0.0315. The van der Waals surface area contributed by atoms with Crippen LogP contribution in [0.4, 0.5) is 4.79 Å². The van der Waals surface area contributed by atoms with Gasteiger partial charge < -0.3 is 19.9 Å². The Kier molecular flexibility index (Phi) is 6.61. The van der Waals surface area contributed by atoms with E-state index in [0.29, 0.717) is 24.8 Å². The van der Waals surface area contributed by atoms with E-state index in [4.69, 9.17) is 4.74 Å². The molecule has 1 fully saturated rings. The summed E-state index contributed by atoms with van der Waals surface area (Å²) in [5.41, 5.74) is 1.48. The summed E-state index contributed by atoms with van der Waals surface area (Å²) < 4.78 is 4.96. The Morgan fingerprint density at radius 3 is 2.62 bits per heavy atom. The van der Waals surface area contributed by atoms with Gasteiger partial charge in [-0.2, -0.15) is 0 Å². The van der Waals surface area contributed by atoms with Gasteiger partial charge in [0, 0.05) is 25.7 Å². The Morgan fingerprint density at radius 2 is 2.00 bits per heavy atom. The van der Waals surface area contributed by atoms with Crippen LogP contribution in [0.5, 0.6) is 0 Å². The second kappa shape index (κ2) is 8.68. The lowest BCUT2D eigenvalue weighted by molar-refractivity contribution is 0.0526. The van der Waals surface area contributed by atoms with Gasteiger partial charge in [0.15, 0.2) is 0 Å². The summed E-state index contributed by atoms with van der Waals surface area (Å²) in [4.78, 5) is 28.0. The van der Waals surface area contributed by atoms with Crippen LogP contribution in [0.15, 0.2) is 24.3 Å². The van der Waals surface area contributed by atoms with Crippen molar-refractivity contribution in [2.45, 2.75) is 32.4 Å². The maximum atomic E-state index is 12.3. The van der Waals surface area contributed by atoms with E-state index in [2.05, 4.69) is 24.3 Å². The average molecular weight is 333 g/mol. The van der Waals surface area contributed by atoms with E-state index in [1.165, 1.54) is 0 Å². The highest BCUT2D eigenvalue weighted by Crippen LogP contribution is 2.14. The first-order valence-corrected chi connectivity index (χ1v) is 8.46. The van der Waals surface area contributed by atoms with Crippen molar-refractivity contribution in [2.75, 3.05) is 33.8 Å². The van der Waals surface area contributed by atoms with Crippen molar-refractivity contribution >= 4 is 12.0 Å². The van der Waals surface area contributed by atoms with Gasteiger partial charge in [-0.1, -0.05) is 12.1 Å². The first-order valence-electron chi connectivity index (χ1n) is 8.46. The molecule has 0 aromatic heterocycles. The molecule has 0 saturated carbocycles. The van der Waals surface area contributed by atoms with Crippen LogP contribution in [-0.2, 0) is 11.3 Å². The first-order chi connectivity index (χ1) is 11.5. The molecule has 0 aliphatic carbocycles. The quantitative estimate of drug-likeness (QED) is 0.838. The number of hydrogen-bond donors (Lipinski definition) is 1. The fourth-order valence-corrected chi connectivity index (χ4v) is 2.82. The third-order valence-electron chi connectivity index (χ3n) is 4.32. The molecule has 0 bridgehead atoms. The number of nitrogens with one attached hydrogen (secondary N) is 1. The number of amides is 2. The highest BCUT2D eigenvalue weighted by Gasteiger charge is 2.24. The number of esters is 1. The number of rotatable bonds is 5. The third-order valence-corrected chi connectivity index (χ3v) is 4.32. The van der Waals surface area contributed by atoms with Crippen LogP contribution in [0.2, 0.25) is 0 Å². The predicted molar refractivity (Wildman–Crippen MR) is 92.9 cm³/mol. The SMILES string of the molecule is CCOC(=O)c1ccc(CNC(=O)N2CCC[C@H](N(C)C)C2)cc1. The number of nitrogens with zero attached hydrogens (tertiary/aromatic N) is 2. The number of urea groups is 1. The van der Waals surface area contributed by atoms with Crippen LogP contribution in [0.25, 0.3) is 0 Å². The van der Waals surface area contributed by atoms with Gasteiger partial charge in [-0.05, 0) is 51.6 Å². The molecule has 1 atom stereocenters. The fraction of sp³-hybridized carbons (Fsp3) is 0.556. The van der Waals surface area contributed by atoms with Crippen molar-refractivity contribution in [1.29, 1.82) is 0 Å². The number of benzene rings is 1. The third kappa shape index (κ3) is 4.96. The van der Waals surface area contributed by atoms with Crippen molar-refractivity contribution in [3.63, 3.8) is 0 Å². The highest BCUT2D eigenvalue weighted by molar-refractivity contribution is 5.89. The molecule has 1 aliphatic rings. The zero-order chi connectivity index (χ0) is 17.5. The molecule has 6 heteroatoms. The van der Waals surface area contributed by atoms with Crippen LogP contribution >= 0.6 is 0 Å². The van der Waals surface area contributed by atoms with Crippen LogP contribution < -0.4 is 5.32 Å². The zero-order valence-corrected chi connectivity index (χ0v) is 14.7. The van der Waals surface area contributed by atoms with Gasteiger partial charge in [-0.15, -0.1) is 0 Å². The Morgan fingerprint density at radius 1 is 1.29 bits per heavy atom. The number of carbonyl (C=O) groups excluding carboxylic acids is 2. The molecule has 1 saturated heterocycles. The molecular formula is C18H27N3O3. The van der Waals surface area contributed by atoms with Crippen molar-refractivity contribution in [3.8, 4) is 0 Å². The van der Waals surface area contributed by atoms with E-state index in [9.17, 15) is 9.59 Å². The molecule has 1 aromatic carbocycles. The van der Waals surface area contributed by atoms with Gasteiger partial charge in [0.2, 0.25) is 0 Å². The molecule has 1 N–H and O–H groups in total. The topological polar surface area (TPSA) is 61.9 Å². The largest absolute Gasteiger partial charge is 0.462 e. The van der Waals surface area contributed by atoms with E-state index < -0.39 is 0 Å². The molecule has 0 radical (unpaired) electrons. The summed E-state index contributed by atoms with van der Waals surface area (Å²) in [6, 6.07) is 7.52. The van der Waals surface area contributed by atoms with Crippen molar-refractivity contribution in [2.24, 2.45) is 0 Å². The molecule has 0 spiro atoms. The van der Waals surface area contributed by atoms with E-state index >= 15 is 0 Å². The van der Waals surface area contributed by atoms with Crippen molar-refractivity contribution in [1.82, 2.24) is 15.1 Å². The summed E-state index contributed by atoms with van der Waals surface area (Å²) in [7, 11) is 4.11. The number of carbonyl (C=O) groups is 2. The van der Waals surface area contributed by atoms with Gasteiger partial charge >= 0.3 is 12.0 Å². The van der Waals surface area contributed by atoms with Gasteiger partial charge in [-0.3, -0.25) is 0 Å². The average Bonchev–Trinajstić information content (AvgIpc) is 2.60. The summed E-state index contributed by atoms with van der Waals surface area (Å²) >= 11 is 0. The van der Waals surface area contributed by atoms with Gasteiger partial charge in [0.25, 0.3) is 0 Å². The Labute approximate surface area is 143 Å². The molecule has 1 aliphatic heterocycles. The lowest BCUT2D eigenvalue weighted by Gasteiger charge is -2.36. The second-order valence-electron chi connectivity index (χ2n) is 6.28. The summed E-state index contributed by atoms with van der Waals surface area (Å²) in [6.07, 6.45) is 2.16. The van der Waals surface area contributed by atoms with Crippen molar-refractivity contribution in [3.05, 3.63) is 35.4 Å². The van der Waals surface area contributed by atoms with Gasteiger partial charge in [0.1, 0.15) is 0 Å². The standard InChI is InChI=1S/C18H27N3O3/c1-4-24-17(22)15-9-7-14(8-10-15)12-19-18(23)21-11-5-6-16(13-21)20(2)3/h7-10,16H,4-6,11-13H2,1-3H3,(H,19,23)/t16-/m0/s1. The summed E-state index contributed by atoms with van der Waals surface area (Å²) in [5, 5.41) is 2.95. The van der Waals surface area contributed by atoms with Crippen LogP contribution in [0.1, 0.15) is 35.7 Å². The lowest BCUT2D eigenvalue weighted by atomic mass is 10.1. The van der Waals surface area contributed by atoms with Crippen LogP contribution in [0, 0.1) is 0 Å². The minimum atomic E-state index is -0.323. The smallest absolute Gasteiger partial charge is 0.338 e.